The number of ether oxygens (including phenoxy) is 2. The third kappa shape index (κ3) is 6.16. The lowest BCUT2D eigenvalue weighted by Gasteiger charge is -2.14. The molecule has 0 radical (unpaired) electrons. The van der Waals surface area contributed by atoms with Crippen LogP contribution in [0.15, 0.2) is 0 Å². The van der Waals surface area contributed by atoms with Gasteiger partial charge in [0.25, 0.3) is 0 Å². The summed E-state index contributed by atoms with van der Waals surface area (Å²) >= 11 is 0. The largest absolute Gasteiger partial charge is 0.466 e. The van der Waals surface area contributed by atoms with E-state index in [-0.39, 0.29) is 18.2 Å². The van der Waals surface area contributed by atoms with Crippen LogP contribution in [0.25, 0.3) is 0 Å². The molecule has 0 amide bonds. The predicted molar refractivity (Wildman–Crippen MR) is 46.9 cm³/mol. The van der Waals surface area contributed by atoms with Crippen LogP contribution < -0.4 is 0 Å². The Kier molecular flexibility index (Phi) is 5.72. The molecule has 0 aromatic rings. The molecule has 0 rings (SSSR count). The standard InChI is InChI=1S/C9H18O3/c1-5-11-9(10)6-8(4)12-7(2)3/h7-8H,5-6H2,1-4H3. The average Bonchev–Trinajstić information content (AvgIpc) is 1.84. The zero-order valence-corrected chi connectivity index (χ0v) is 8.29. The Morgan fingerprint density at radius 1 is 1.33 bits per heavy atom. The van der Waals surface area contributed by atoms with Crippen molar-refractivity contribution in [1.29, 1.82) is 0 Å². The Bertz CT molecular complexity index is 132. The number of hydrogen-bond donors (Lipinski definition) is 0. The van der Waals surface area contributed by atoms with E-state index in [1.165, 1.54) is 0 Å². The molecule has 1 unspecified atom stereocenters. The number of rotatable bonds is 5. The van der Waals surface area contributed by atoms with Crippen molar-refractivity contribution in [3.63, 3.8) is 0 Å². The van der Waals surface area contributed by atoms with Crippen LogP contribution in [0.1, 0.15) is 34.1 Å². The summed E-state index contributed by atoms with van der Waals surface area (Å²) in [5, 5.41) is 0. The van der Waals surface area contributed by atoms with Crippen molar-refractivity contribution in [2.24, 2.45) is 0 Å². The van der Waals surface area contributed by atoms with Gasteiger partial charge in [-0.3, -0.25) is 4.79 Å². The van der Waals surface area contributed by atoms with Crippen LogP contribution in [0, 0.1) is 0 Å². The van der Waals surface area contributed by atoms with Crippen molar-refractivity contribution in [2.45, 2.75) is 46.3 Å². The first-order valence-electron chi connectivity index (χ1n) is 4.37. The Hall–Kier alpha value is -0.570. The van der Waals surface area contributed by atoms with Gasteiger partial charge in [-0.15, -0.1) is 0 Å². The first-order valence-corrected chi connectivity index (χ1v) is 4.37. The van der Waals surface area contributed by atoms with Gasteiger partial charge >= 0.3 is 5.97 Å². The normalized spacial score (nSPS) is 13.1. The summed E-state index contributed by atoms with van der Waals surface area (Å²) in [7, 11) is 0. The van der Waals surface area contributed by atoms with Crippen LogP contribution in [0.4, 0.5) is 0 Å². The molecule has 0 saturated heterocycles. The summed E-state index contributed by atoms with van der Waals surface area (Å²) in [6.07, 6.45) is 0.449. The molecule has 3 nitrogen and oxygen atoms in total. The Morgan fingerprint density at radius 2 is 1.92 bits per heavy atom. The van der Waals surface area contributed by atoms with E-state index < -0.39 is 0 Å². The SMILES string of the molecule is CCOC(=O)CC(C)OC(C)C. The Balaban J connectivity index is 3.54. The van der Waals surface area contributed by atoms with Crippen molar-refractivity contribution < 1.29 is 14.3 Å². The minimum Gasteiger partial charge on any atom is -0.466 e. The molecule has 0 heterocycles. The van der Waals surface area contributed by atoms with E-state index in [4.69, 9.17) is 9.47 Å². The second kappa shape index (κ2) is 6.00. The molecule has 0 aromatic carbocycles. The van der Waals surface area contributed by atoms with Crippen molar-refractivity contribution >= 4 is 5.97 Å². The molecule has 0 aliphatic heterocycles. The predicted octanol–water partition coefficient (Wildman–Crippen LogP) is 1.75. The van der Waals surface area contributed by atoms with Crippen LogP contribution in [0.2, 0.25) is 0 Å². The van der Waals surface area contributed by atoms with Crippen LogP contribution in [0.5, 0.6) is 0 Å². The summed E-state index contributed by atoms with van der Waals surface area (Å²) in [5.41, 5.74) is 0. The number of carbonyl (C=O) groups excluding carboxylic acids is 1. The Morgan fingerprint density at radius 3 is 2.33 bits per heavy atom. The number of hydrogen-bond acceptors (Lipinski definition) is 3. The highest BCUT2D eigenvalue weighted by Crippen LogP contribution is 2.02. The first-order chi connectivity index (χ1) is 5.56. The minimum absolute atomic E-state index is 0.0518. The van der Waals surface area contributed by atoms with Gasteiger partial charge in [-0.1, -0.05) is 0 Å². The molecule has 0 bridgehead atoms. The molecule has 72 valence electrons. The number of carbonyl (C=O) groups is 1. The lowest BCUT2D eigenvalue weighted by molar-refractivity contribution is -0.146. The smallest absolute Gasteiger partial charge is 0.308 e. The van der Waals surface area contributed by atoms with Crippen LogP contribution in [0.3, 0.4) is 0 Å². The molecular weight excluding hydrogens is 156 g/mol. The molecule has 12 heavy (non-hydrogen) atoms. The second-order valence-electron chi connectivity index (χ2n) is 3.00. The fourth-order valence-electron chi connectivity index (χ4n) is 0.967. The van der Waals surface area contributed by atoms with Crippen molar-refractivity contribution in [2.75, 3.05) is 6.61 Å². The van der Waals surface area contributed by atoms with E-state index in [9.17, 15) is 4.79 Å². The summed E-state index contributed by atoms with van der Waals surface area (Å²) in [4.78, 5) is 10.9. The van der Waals surface area contributed by atoms with Gasteiger partial charge in [0, 0.05) is 0 Å². The highest BCUT2D eigenvalue weighted by molar-refractivity contribution is 5.69. The summed E-state index contributed by atoms with van der Waals surface area (Å²) < 4.78 is 10.1. The van der Waals surface area contributed by atoms with Crippen LogP contribution in [-0.4, -0.2) is 24.8 Å². The summed E-state index contributed by atoms with van der Waals surface area (Å²) in [5.74, 6) is -0.189. The second-order valence-corrected chi connectivity index (χ2v) is 3.00. The molecule has 0 N–H and O–H groups in total. The maximum Gasteiger partial charge on any atom is 0.308 e. The molecule has 0 aliphatic rings. The lowest BCUT2D eigenvalue weighted by atomic mass is 10.3. The van der Waals surface area contributed by atoms with Gasteiger partial charge in [-0.25, -0.2) is 0 Å². The zero-order chi connectivity index (χ0) is 9.56. The highest BCUT2D eigenvalue weighted by Gasteiger charge is 2.10. The maximum atomic E-state index is 10.9. The van der Waals surface area contributed by atoms with E-state index in [0.29, 0.717) is 13.0 Å². The molecule has 0 saturated carbocycles. The zero-order valence-electron chi connectivity index (χ0n) is 8.29. The topological polar surface area (TPSA) is 35.5 Å². The fraction of sp³-hybridized carbons (Fsp3) is 0.889. The third-order valence-electron chi connectivity index (χ3n) is 1.26. The van der Waals surface area contributed by atoms with E-state index in [2.05, 4.69) is 0 Å². The highest BCUT2D eigenvalue weighted by atomic mass is 16.5. The van der Waals surface area contributed by atoms with Gasteiger partial charge in [-0.05, 0) is 27.7 Å². The maximum absolute atomic E-state index is 10.9. The molecule has 0 fully saturated rings. The molecule has 3 heteroatoms. The van der Waals surface area contributed by atoms with Gasteiger partial charge in [0.2, 0.25) is 0 Å². The fourth-order valence-corrected chi connectivity index (χ4v) is 0.967. The van der Waals surface area contributed by atoms with E-state index in [1.807, 2.05) is 20.8 Å². The molecule has 0 aromatic heterocycles. The first kappa shape index (κ1) is 11.4. The van der Waals surface area contributed by atoms with Gasteiger partial charge in [-0.2, -0.15) is 0 Å². The third-order valence-corrected chi connectivity index (χ3v) is 1.26. The molecule has 0 spiro atoms. The van der Waals surface area contributed by atoms with Crippen LogP contribution in [-0.2, 0) is 14.3 Å². The summed E-state index contributed by atoms with van der Waals surface area (Å²) in [6, 6.07) is 0. The van der Waals surface area contributed by atoms with E-state index >= 15 is 0 Å². The van der Waals surface area contributed by atoms with Gasteiger partial charge in [0.05, 0.1) is 25.2 Å². The lowest BCUT2D eigenvalue weighted by Crippen LogP contribution is -2.19. The monoisotopic (exact) mass is 174 g/mol. The van der Waals surface area contributed by atoms with Gasteiger partial charge in [0.15, 0.2) is 0 Å². The number of esters is 1. The molecular formula is C9H18O3. The van der Waals surface area contributed by atoms with Gasteiger partial charge in [0.1, 0.15) is 0 Å². The quantitative estimate of drug-likeness (QED) is 0.596. The van der Waals surface area contributed by atoms with E-state index in [0.717, 1.165) is 0 Å². The van der Waals surface area contributed by atoms with Crippen LogP contribution >= 0.6 is 0 Å². The van der Waals surface area contributed by atoms with E-state index in [1.54, 1.807) is 6.92 Å². The molecule has 1 atom stereocenters. The average molecular weight is 174 g/mol. The Labute approximate surface area is 74.0 Å². The minimum atomic E-state index is -0.189. The van der Waals surface area contributed by atoms with Crippen molar-refractivity contribution in [3.8, 4) is 0 Å². The van der Waals surface area contributed by atoms with Crippen molar-refractivity contribution in [1.82, 2.24) is 0 Å². The van der Waals surface area contributed by atoms with Gasteiger partial charge < -0.3 is 9.47 Å². The van der Waals surface area contributed by atoms with Crippen molar-refractivity contribution in [3.05, 3.63) is 0 Å². The summed E-state index contributed by atoms with van der Waals surface area (Å²) in [6.45, 7) is 8.00. The molecule has 0 aliphatic carbocycles.